The summed E-state index contributed by atoms with van der Waals surface area (Å²) in [5.74, 6) is -0.941. The second-order valence-corrected chi connectivity index (χ2v) is 8.92. The molecule has 3 rings (SSSR count). The SMILES string of the molecule is CC(C(=O)Nc1cc(Cl)ccc1F)N1CCN(S(=O)(=O)c2ccccc2)CC1. The van der Waals surface area contributed by atoms with Crippen LogP contribution in [0.25, 0.3) is 0 Å². The van der Waals surface area contributed by atoms with E-state index >= 15 is 0 Å². The molecule has 1 N–H and O–H groups in total. The van der Waals surface area contributed by atoms with Crippen LogP contribution in [0.5, 0.6) is 0 Å². The van der Waals surface area contributed by atoms with Crippen LogP contribution >= 0.6 is 11.6 Å². The average molecular weight is 426 g/mol. The fourth-order valence-corrected chi connectivity index (χ4v) is 4.68. The van der Waals surface area contributed by atoms with Crippen molar-refractivity contribution >= 4 is 33.2 Å². The van der Waals surface area contributed by atoms with E-state index in [1.165, 1.54) is 22.5 Å². The van der Waals surface area contributed by atoms with Crippen molar-refractivity contribution in [1.29, 1.82) is 0 Å². The Balaban J connectivity index is 1.61. The molecule has 1 aliphatic rings. The number of anilines is 1. The van der Waals surface area contributed by atoms with Gasteiger partial charge in [0.25, 0.3) is 0 Å². The highest BCUT2D eigenvalue weighted by molar-refractivity contribution is 7.89. The number of hydrogen-bond donors (Lipinski definition) is 1. The lowest BCUT2D eigenvalue weighted by Gasteiger charge is -2.36. The second kappa shape index (κ2) is 8.57. The number of sulfonamides is 1. The Hall–Kier alpha value is -2.00. The number of nitrogens with one attached hydrogen (secondary N) is 1. The molecule has 1 heterocycles. The number of piperazine rings is 1. The molecule has 0 saturated carbocycles. The van der Waals surface area contributed by atoms with Gasteiger partial charge in [-0.05, 0) is 37.3 Å². The molecule has 1 saturated heterocycles. The largest absolute Gasteiger partial charge is 0.322 e. The van der Waals surface area contributed by atoms with Crippen LogP contribution in [0.2, 0.25) is 5.02 Å². The highest BCUT2D eigenvalue weighted by atomic mass is 35.5. The lowest BCUT2D eigenvalue weighted by Crippen LogP contribution is -2.53. The zero-order chi connectivity index (χ0) is 20.3. The van der Waals surface area contributed by atoms with Crippen LogP contribution in [0.3, 0.4) is 0 Å². The van der Waals surface area contributed by atoms with E-state index in [4.69, 9.17) is 11.6 Å². The molecule has 0 spiro atoms. The van der Waals surface area contributed by atoms with Gasteiger partial charge >= 0.3 is 0 Å². The van der Waals surface area contributed by atoms with Crippen LogP contribution in [0.15, 0.2) is 53.4 Å². The first kappa shape index (κ1) is 20.7. The topological polar surface area (TPSA) is 69.7 Å². The van der Waals surface area contributed by atoms with Gasteiger partial charge < -0.3 is 5.32 Å². The molecule has 2 aromatic carbocycles. The predicted molar refractivity (Wildman–Crippen MR) is 106 cm³/mol. The normalized spacial score (nSPS) is 17.2. The maximum absolute atomic E-state index is 13.8. The minimum atomic E-state index is -3.55. The van der Waals surface area contributed by atoms with Gasteiger partial charge in [0, 0.05) is 31.2 Å². The summed E-state index contributed by atoms with van der Waals surface area (Å²) in [6, 6.07) is 11.7. The zero-order valence-corrected chi connectivity index (χ0v) is 16.9. The minimum absolute atomic E-state index is 0.0228. The van der Waals surface area contributed by atoms with Crippen LogP contribution < -0.4 is 5.32 Å². The number of benzene rings is 2. The predicted octanol–water partition coefficient (Wildman–Crippen LogP) is 2.81. The second-order valence-electron chi connectivity index (χ2n) is 6.54. The fourth-order valence-electron chi connectivity index (χ4n) is 3.07. The molecule has 1 unspecified atom stereocenters. The Morgan fingerprint density at radius 1 is 1.11 bits per heavy atom. The molecule has 28 heavy (non-hydrogen) atoms. The van der Waals surface area contributed by atoms with Crippen LogP contribution in [-0.2, 0) is 14.8 Å². The molecule has 9 heteroatoms. The van der Waals surface area contributed by atoms with Gasteiger partial charge in [0.15, 0.2) is 0 Å². The molecule has 1 amide bonds. The Bertz CT molecular complexity index is 948. The standard InChI is InChI=1S/C19H21ClFN3O3S/c1-14(19(25)22-18-13-15(20)7-8-17(18)21)23-9-11-24(12-10-23)28(26,27)16-5-3-2-4-6-16/h2-8,13-14H,9-12H2,1H3,(H,22,25). The molecular formula is C19H21ClFN3O3S. The van der Waals surface area contributed by atoms with E-state index in [2.05, 4.69) is 5.32 Å². The van der Waals surface area contributed by atoms with Crippen molar-refractivity contribution < 1.29 is 17.6 Å². The van der Waals surface area contributed by atoms with Crippen molar-refractivity contribution in [3.63, 3.8) is 0 Å². The molecule has 1 fully saturated rings. The van der Waals surface area contributed by atoms with Gasteiger partial charge in [0.05, 0.1) is 16.6 Å². The lowest BCUT2D eigenvalue weighted by atomic mass is 10.2. The molecule has 1 atom stereocenters. The Kier molecular flexibility index (Phi) is 6.34. The number of carbonyl (C=O) groups is 1. The third-order valence-corrected chi connectivity index (χ3v) is 6.92. The maximum atomic E-state index is 13.8. The number of halogens is 2. The molecule has 1 aliphatic heterocycles. The monoisotopic (exact) mass is 425 g/mol. The fraction of sp³-hybridized carbons (Fsp3) is 0.316. The van der Waals surface area contributed by atoms with Gasteiger partial charge in [-0.3, -0.25) is 9.69 Å². The first-order valence-corrected chi connectivity index (χ1v) is 10.7. The van der Waals surface area contributed by atoms with Gasteiger partial charge in [-0.2, -0.15) is 4.31 Å². The van der Waals surface area contributed by atoms with Gasteiger partial charge in [-0.1, -0.05) is 29.8 Å². The van der Waals surface area contributed by atoms with E-state index in [-0.39, 0.29) is 29.6 Å². The molecule has 150 valence electrons. The number of hydrogen-bond acceptors (Lipinski definition) is 4. The summed E-state index contributed by atoms with van der Waals surface area (Å²) in [7, 11) is -3.55. The summed E-state index contributed by atoms with van der Waals surface area (Å²) >= 11 is 5.85. The van der Waals surface area contributed by atoms with Crippen molar-refractivity contribution in [1.82, 2.24) is 9.21 Å². The summed E-state index contributed by atoms with van der Waals surface area (Å²) in [6.07, 6.45) is 0. The first-order chi connectivity index (χ1) is 13.3. The zero-order valence-electron chi connectivity index (χ0n) is 15.3. The van der Waals surface area contributed by atoms with E-state index in [1.54, 1.807) is 37.3 Å². The summed E-state index contributed by atoms with van der Waals surface area (Å²) < 4.78 is 40.6. The number of nitrogens with zero attached hydrogens (tertiary/aromatic N) is 2. The smallest absolute Gasteiger partial charge is 0.243 e. The molecule has 0 radical (unpaired) electrons. The molecule has 0 aliphatic carbocycles. The highest BCUT2D eigenvalue weighted by Gasteiger charge is 2.31. The Morgan fingerprint density at radius 3 is 2.39 bits per heavy atom. The van der Waals surface area contributed by atoms with E-state index in [9.17, 15) is 17.6 Å². The number of amides is 1. The van der Waals surface area contributed by atoms with Crippen molar-refractivity contribution in [2.45, 2.75) is 17.9 Å². The summed E-state index contributed by atoms with van der Waals surface area (Å²) in [5, 5.41) is 2.87. The van der Waals surface area contributed by atoms with Gasteiger partial charge in [0.1, 0.15) is 5.82 Å². The molecule has 2 aromatic rings. The van der Waals surface area contributed by atoms with E-state index in [0.717, 1.165) is 0 Å². The Labute approximate surface area is 168 Å². The third-order valence-electron chi connectivity index (χ3n) is 4.77. The first-order valence-electron chi connectivity index (χ1n) is 8.84. The van der Waals surface area contributed by atoms with Crippen molar-refractivity contribution in [2.75, 3.05) is 31.5 Å². The molecular weight excluding hydrogens is 405 g/mol. The highest BCUT2D eigenvalue weighted by Crippen LogP contribution is 2.21. The van der Waals surface area contributed by atoms with E-state index in [1.807, 2.05) is 4.90 Å². The summed E-state index contributed by atoms with van der Waals surface area (Å²) in [6.45, 7) is 3.07. The van der Waals surface area contributed by atoms with Gasteiger partial charge in [-0.25, -0.2) is 12.8 Å². The van der Waals surface area contributed by atoms with Crippen LogP contribution in [0.1, 0.15) is 6.92 Å². The van der Waals surface area contributed by atoms with E-state index < -0.39 is 21.9 Å². The van der Waals surface area contributed by atoms with Crippen LogP contribution in [-0.4, -0.2) is 55.8 Å². The maximum Gasteiger partial charge on any atom is 0.243 e. The molecule has 6 nitrogen and oxygen atoms in total. The third kappa shape index (κ3) is 4.52. The van der Waals surface area contributed by atoms with Crippen LogP contribution in [0, 0.1) is 5.82 Å². The van der Waals surface area contributed by atoms with Crippen molar-refractivity contribution in [3.8, 4) is 0 Å². The van der Waals surface area contributed by atoms with Gasteiger partial charge in [-0.15, -0.1) is 0 Å². The lowest BCUT2D eigenvalue weighted by molar-refractivity contribution is -0.121. The van der Waals surface area contributed by atoms with Crippen LogP contribution in [0.4, 0.5) is 10.1 Å². The summed E-state index contributed by atoms with van der Waals surface area (Å²) in [5.41, 5.74) is 0.0228. The van der Waals surface area contributed by atoms with Crippen molar-refractivity contribution in [3.05, 3.63) is 59.4 Å². The quantitative estimate of drug-likeness (QED) is 0.799. The molecule has 0 bridgehead atoms. The summed E-state index contributed by atoms with van der Waals surface area (Å²) in [4.78, 5) is 14.6. The van der Waals surface area contributed by atoms with E-state index in [0.29, 0.717) is 18.1 Å². The minimum Gasteiger partial charge on any atom is -0.322 e. The van der Waals surface area contributed by atoms with Gasteiger partial charge in [0.2, 0.25) is 15.9 Å². The number of carbonyl (C=O) groups excluding carboxylic acids is 1. The number of rotatable bonds is 5. The Morgan fingerprint density at radius 2 is 1.75 bits per heavy atom. The molecule has 0 aromatic heterocycles. The van der Waals surface area contributed by atoms with Crippen molar-refractivity contribution in [2.24, 2.45) is 0 Å². The average Bonchev–Trinajstić information content (AvgIpc) is 2.71.